The molecule has 2 rings (SSSR count). The van der Waals surface area contributed by atoms with Gasteiger partial charge in [-0.1, -0.05) is 12.1 Å². The number of benzene rings is 2. The van der Waals surface area contributed by atoms with Crippen molar-refractivity contribution >= 4 is 6.29 Å². The maximum Gasteiger partial charge on any atom is 0.150 e. The Labute approximate surface area is 103 Å². The van der Waals surface area contributed by atoms with Crippen LogP contribution in [0, 0.1) is 11.6 Å². The Bertz CT molecular complexity index is 567. The van der Waals surface area contributed by atoms with Gasteiger partial charge in [0.2, 0.25) is 0 Å². The fourth-order valence-electron chi connectivity index (χ4n) is 1.53. The van der Waals surface area contributed by atoms with Gasteiger partial charge in [0.05, 0.1) is 0 Å². The zero-order valence-electron chi connectivity index (χ0n) is 9.40. The molecule has 0 aliphatic heterocycles. The lowest BCUT2D eigenvalue weighted by molar-refractivity contribution is 0.112. The Morgan fingerprint density at radius 3 is 2.61 bits per heavy atom. The van der Waals surface area contributed by atoms with Crippen LogP contribution in [0.2, 0.25) is 0 Å². The highest BCUT2D eigenvalue weighted by Crippen LogP contribution is 2.17. The van der Waals surface area contributed by atoms with Gasteiger partial charge in [0.25, 0.3) is 0 Å². The number of ether oxygens (including phenoxy) is 1. The van der Waals surface area contributed by atoms with E-state index in [0.717, 1.165) is 6.07 Å². The summed E-state index contributed by atoms with van der Waals surface area (Å²) in [5.74, 6) is -0.667. The van der Waals surface area contributed by atoms with Crippen LogP contribution in [0.3, 0.4) is 0 Å². The molecule has 0 unspecified atom stereocenters. The van der Waals surface area contributed by atoms with Crippen LogP contribution in [0.15, 0.2) is 42.5 Å². The molecule has 2 nitrogen and oxygen atoms in total. The Morgan fingerprint density at radius 2 is 1.89 bits per heavy atom. The highest BCUT2D eigenvalue weighted by Gasteiger charge is 2.02. The SMILES string of the molecule is O=Cc1cc(F)cc(OCc2cccc(F)c2)c1. The van der Waals surface area contributed by atoms with Gasteiger partial charge in [-0.2, -0.15) is 0 Å². The minimum atomic E-state index is -0.547. The third kappa shape index (κ3) is 3.13. The summed E-state index contributed by atoms with van der Waals surface area (Å²) < 4.78 is 31.3. The van der Waals surface area contributed by atoms with Crippen LogP contribution in [0.25, 0.3) is 0 Å². The van der Waals surface area contributed by atoms with Gasteiger partial charge >= 0.3 is 0 Å². The lowest BCUT2D eigenvalue weighted by Crippen LogP contribution is -1.97. The van der Waals surface area contributed by atoms with E-state index in [-0.39, 0.29) is 23.7 Å². The Morgan fingerprint density at radius 1 is 1.06 bits per heavy atom. The molecule has 0 radical (unpaired) electrons. The summed E-state index contributed by atoms with van der Waals surface area (Å²) in [6.45, 7) is 0.111. The minimum Gasteiger partial charge on any atom is -0.489 e. The lowest BCUT2D eigenvalue weighted by Gasteiger charge is -2.07. The van der Waals surface area contributed by atoms with Crippen LogP contribution in [0.4, 0.5) is 8.78 Å². The molecule has 0 spiro atoms. The third-order valence-electron chi connectivity index (χ3n) is 2.32. The van der Waals surface area contributed by atoms with Crippen molar-refractivity contribution in [3.8, 4) is 5.75 Å². The molecular weight excluding hydrogens is 238 g/mol. The van der Waals surface area contributed by atoms with Crippen molar-refractivity contribution in [1.29, 1.82) is 0 Å². The summed E-state index contributed by atoms with van der Waals surface area (Å²) >= 11 is 0. The van der Waals surface area contributed by atoms with Crippen LogP contribution in [0.1, 0.15) is 15.9 Å². The van der Waals surface area contributed by atoms with Gasteiger partial charge < -0.3 is 4.74 Å². The predicted octanol–water partition coefficient (Wildman–Crippen LogP) is 3.36. The zero-order valence-corrected chi connectivity index (χ0v) is 9.40. The average Bonchev–Trinajstić information content (AvgIpc) is 2.36. The molecule has 0 aromatic heterocycles. The van der Waals surface area contributed by atoms with E-state index in [1.807, 2.05) is 0 Å². The zero-order chi connectivity index (χ0) is 13.0. The first-order chi connectivity index (χ1) is 8.67. The Balaban J connectivity index is 2.10. The molecule has 2 aromatic carbocycles. The average molecular weight is 248 g/mol. The molecular formula is C14H10F2O2. The maximum absolute atomic E-state index is 13.1. The van der Waals surface area contributed by atoms with Crippen LogP contribution in [0.5, 0.6) is 5.75 Å². The first-order valence-electron chi connectivity index (χ1n) is 5.30. The quantitative estimate of drug-likeness (QED) is 0.775. The monoisotopic (exact) mass is 248 g/mol. The molecule has 92 valence electrons. The molecule has 0 atom stereocenters. The standard InChI is InChI=1S/C14H10F2O2/c15-12-3-1-2-10(4-12)9-18-14-6-11(8-17)5-13(16)7-14/h1-8H,9H2. The van der Waals surface area contributed by atoms with Gasteiger partial charge in [-0.05, 0) is 29.8 Å². The molecule has 0 heterocycles. The summed E-state index contributed by atoms with van der Waals surface area (Å²) in [4.78, 5) is 10.6. The summed E-state index contributed by atoms with van der Waals surface area (Å²) in [6.07, 6.45) is 0.540. The fraction of sp³-hybridized carbons (Fsp3) is 0.0714. The third-order valence-corrected chi connectivity index (χ3v) is 2.32. The van der Waals surface area contributed by atoms with Crippen molar-refractivity contribution in [3.05, 3.63) is 65.2 Å². The smallest absolute Gasteiger partial charge is 0.150 e. The first-order valence-corrected chi connectivity index (χ1v) is 5.30. The van der Waals surface area contributed by atoms with Crippen molar-refractivity contribution in [3.63, 3.8) is 0 Å². The second kappa shape index (κ2) is 5.40. The van der Waals surface area contributed by atoms with Crippen molar-refractivity contribution in [2.75, 3.05) is 0 Å². The van der Waals surface area contributed by atoms with E-state index in [0.29, 0.717) is 11.8 Å². The van der Waals surface area contributed by atoms with Gasteiger partial charge in [0, 0.05) is 11.6 Å². The van der Waals surface area contributed by atoms with Gasteiger partial charge in [-0.3, -0.25) is 4.79 Å². The van der Waals surface area contributed by atoms with E-state index in [1.54, 1.807) is 12.1 Å². The van der Waals surface area contributed by atoms with Crippen LogP contribution in [-0.4, -0.2) is 6.29 Å². The summed E-state index contributed by atoms with van der Waals surface area (Å²) in [7, 11) is 0. The van der Waals surface area contributed by atoms with Crippen molar-refractivity contribution in [2.45, 2.75) is 6.61 Å². The molecule has 18 heavy (non-hydrogen) atoms. The molecule has 0 N–H and O–H groups in total. The van der Waals surface area contributed by atoms with Crippen molar-refractivity contribution in [1.82, 2.24) is 0 Å². The number of hydrogen-bond donors (Lipinski definition) is 0. The van der Waals surface area contributed by atoms with Crippen LogP contribution < -0.4 is 4.74 Å². The second-order valence-corrected chi connectivity index (χ2v) is 3.76. The maximum atomic E-state index is 13.1. The van der Waals surface area contributed by atoms with E-state index in [9.17, 15) is 13.6 Å². The van der Waals surface area contributed by atoms with Gasteiger partial charge in [0.15, 0.2) is 0 Å². The Kier molecular flexibility index (Phi) is 3.67. The van der Waals surface area contributed by atoms with Gasteiger partial charge in [0.1, 0.15) is 30.3 Å². The lowest BCUT2D eigenvalue weighted by atomic mass is 10.2. The molecule has 0 amide bonds. The topological polar surface area (TPSA) is 26.3 Å². The van der Waals surface area contributed by atoms with E-state index in [1.165, 1.54) is 24.3 Å². The first kappa shape index (κ1) is 12.2. The number of aldehydes is 1. The van der Waals surface area contributed by atoms with Crippen LogP contribution >= 0.6 is 0 Å². The van der Waals surface area contributed by atoms with Gasteiger partial charge in [-0.25, -0.2) is 8.78 Å². The molecule has 0 saturated carbocycles. The van der Waals surface area contributed by atoms with E-state index in [2.05, 4.69) is 0 Å². The van der Waals surface area contributed by atoms with Crippen molar-refractivity contribution < 1.29 is 18.3 Å². The highest BCUT2D eigenvalue weighted by molar-refractivity contribution is 5.75. The number of carbonyl (C=O) groups excluding carboxylic acids is 1. The number of hydrogen-bond acceptors (Lipinski definition) is 2. The largest absolute Gasteiger partial charge is 0.489 e. The van der Waals surface area contributed by atoms with Crippen molar-refractivity contribution in [2.24, 2.45) is 0 Å². The van der Waals surface area contributed by atoms with Gasteiger partial charge in [-0.15, -0.1) is 0 Å². The summed E-state index contributed by atoms with van der Waals surface area (Å²) in [6, 6.07) is 9.64. The number of rotatable bonds is 4. The molecule has 0 bridgehead atoms. The van der Waals surface area contributed by atoms with E-state index >= 15 is 0 Å². The molecule has 0 fully saturated rings. The van der Waals surface area contributed by atoms with E-state index < -0.39 is 5.82 Å². The molecule has 0 aliphatic carbocycles. The van der Waals surface area contributed by atoms with E-state index in [4.69, 9.17) is 4.74 Å². The Hall–Kier alpha value is -2.23. The predicted molar refractivity (Wildman–Crippen MR) is 62.5 cm³/mol. The molecule has 4 heteroatoms. The fourth-order valence-corrected chi connectivity index (χ4v) is 1.53. The molecule has 0 saturated heterocycles. The summed E-state index contributed by atoms with van der Waals surface area (Å²) in [5, 5.41) is 0. The minimum absolute atomic E-state index is 0.111. The highest BCUT2D eigenvalue weighted by atomic mass is 19.1. The van der Waals surface area contributed by atoms with Crippen LogP contribution in [-0.2, 0) is 6.61 Å². The number of halogens is 2. The number of carbonyl (C=O) groups is 1. The summed E-state index contributed by atoms with van der Waals surface area (Å²) in [5.41, 5.74) is 0.830. The molecule has 0 aliphatic rings. The normalized spacial score (nSPS) is 10.1. The molecule has 2 aromatic rings. The second-order valence-electron chi connectivity index (χ2n) is 3.76.